The first-order chi connectivity index (χ1) is 9.97. The molecule has 0 unspecified atom stereocenters. The molecule has 0 aliphatic carbocycles. The SMILES string of the molecule is CS(=O)(=O)c1ccccc1-c1ccc2ncnc(N)c2c1. The molecular formula is C15H13N3O2S. The zero-order chi connectivity index (χ0) is 15.0. The molecule has 0 aliphatic rings. The molecule has 6 heteroatoms. The van der Waals surface area contributed by atoms with E-state index in [4.69, 9.17) is 5.73 Å². The Morgan fingerprint density at radius 1 is 1.05 bits per heavy atom. The Labute approximate surface area is 122 Å². The first kappa shape index (κ1) is 13.5. The number of nitrogens with two attached hydrogens (primary N) is 1. The van der Waals surface area contributed by atoms with Crippen LogP contribution < -0.4 is 5.73 Å². The summed E-state index contributed by atoms with van der Waals surface area (Å²) in [7, 11) is -3.31. The normalized spacial score (nSPS) is 11.7. The number of nitrogen functional groups attached to an aromatic ring is 1. The molecule has 0 saturated carbocycles. The van der Waals surface area contributed by atoms with Gasteiger partial charge in [0.25, 0.3) is 0 Å². The molecule has 0 spiro atoms. The molecule has 0 saturated heterocycles. The average molecular weight is 299 g/mol. The number of aromatic nitrogens is 2. The number of benzene rings is 2. The number of nitrogens with zero attached hydrogens (tertiary/aromatic N) is 2. The highest BCUT2D eigenvalue weighted by atomic mass is 32.2. The van der Waals surface area contributed by atoms with Gasteiger partial charge in [0.2, 0.25) is 0 Å². The summed E-state index contributed by atoms with van der Waals surface area (Å²) < 4.78 is 23.8. The van der Waals surface area contributed by atoms with E-state index in [9.17, 15) is 8.42 Å². The first-order valence-electron chi connectivity index (χ1n) is 6.26. The summed E-state index contributed by atoms with van der Waals surface area (Å²) in [5.74, 6) is 0.374. The number of hydrogen-bond acceptors (Lipinski definition) is 5. The molecular weight excluding hydrogens is 286 g/mol. The smallest absolute Gasteiger partial charge is 0.176 e. The summed E-state index contributed by atoms with van der Waals surface area (Å²) in [6.07, 6.45) is 2.60. The minimum atomic E-state index is -3.31. The molecule has 21 heavy (non-hydrogen) atoms. The fourth-order valence-corrected chi connectivity index (χ4v) is 3.18. The maximum atomic E-state index is 11.9. The van der Waals surface area contributed by atoms with Crippen molar-refractivity contribution in [3.63, 3.8) is 0 Å². The van der Waals surface area contributed by atoms with Crippen LogP contribution in [0.25, 0.3) is 22.0 Å². The summed E-state index contributed by atoms with van der Waals surface area (Å²) >= 11 is 0. The topological polar surface area (TPSA) is 85.9 Å². The van der Waals surface area contributed by atoms with E-state index in [2.05, 4.69) is 9.97 Å². The van der Waals surface area contributed by atoms with Gasteiger partial charge in [-0.05, 0) is 23.8 Å². The van der Waals surface area contributed by atoms with Crippen LogP contribution in [-0.2, 0) is 9.84 Å². The Bertz CT molecular complexity index is 937. The molecule has 1 heterocycles. The summed E-state index contributed by atoms with van der Waals surface area (Å²) in [5.41, 5.74) is 7.99. The van der Waals surface area contributed by atoms with Crippen LogP contribution in [0.2, 0.25) is 0 Å². The largest absolute Gasteiger partial charge is 0.383 e. The number of sulfone groups is 1. The van der Waals surface area contributed by atoms with Crippen molar-refractivity contribution in [3.8, 4) is 11.1 Å². The van der Waals surface area contributed by atoms with Crippen LogP contribution in [0.3, 0.4) is 0 Å². The second kappa shape index (κ2) is 4.82. The van der Waals surface area contributed by atoms with Gasteiger partial charge in [-0.15, -0.1) is 0 Å². The third-order valence-electron chi connectivity index (χ3n) is 3.26. The van der Waals surface area contributed by atoms with E-state index >= 15 is 0 Å². The lowest BCUT2D eigenvalue weighted by Gasteiger charge is -2.09. The Morgan fingerprint density at radius 2 is 1.81 bits per heavy atom. The number of anilines is 1. The van der Waals surface area contributed by atoms with Crippen molar-refractivity contribution in [2.24, 2.45) is 0 Å². The van der Waals surface area contributed by atoms with Gasteiger partial charge in [0, 0.05) is 17.2 Å². The van der Waals surface area contributed by atoms with Crippen LogP contribution in [0.4, 0.5) is 5.82 Å². The van der Waals surface area contributed by atoms with Crippen LogP contribution >= 0.6 is 0 Å². The van der Waals surface area contributed by atoms with Crippen molar-refractivity contribution >= 4 is 26.6 Å². The monoisotopic (exact) mass is 299 g/mol. The van der Waals surface area contributed by atoms with Crippen molar-refractivity contribution in [1.29, 1.82) is 0 Å². The third-order valence-corrected chi connectivity index (χ3v) is 4.42. The molecule has 2 N–H and O–H groups in total. The predicted octanol–water partition coefficient (Wildman–Crippen LogP) is 2.28. The van der Waals surface area contributed by atoms with Crippen LogP contribution in [0.15, 0.2) is 53.7 Å². The highest BCUT2D eigenvalue weighted by Gasteiger charge is 2.14. The van der Waals surface area contributed by atoms with E-state index in [-0.39, 0.29) is 0 Å². The van der Waals surface area contributed by atoms with E-state index in [0.717, 1.165) is 11.1 Å². The van der Waals surface area contributed by atoms with E-state index < -0.39 is 9.84 Å². The number of fused-ring (bicyclic) bond motifs is 1. The van der Waals surface area contributed by atoms with Gasteiger partial charge in [0.05, 0.1) is 10.4 Å². The molecule has 0 atom stereocenters. The van der Waals surface area contributed by atoms with Crippen LogP contribution in [-0.4, -0.2) is 24.6 Å². The molecule has 106 valence electrons. The standard InChI is InChI=1S/C15H13N3O2S/c1-21(19,20)14-5-3-2-4-11(14)10-6-7-13-12(8-10)15(16)18-9-17-13/h2-9H,1H3,(H2,16,17,18). The van der Waals surface area contributed by atoms with E-state index in [1.54, 1.807) is 24.3 Å². The van der Waals surface area contributed by atoms with Gasteiger partial charge < -0.3 is 5.73 Å². The molecule has 1 aromatic heterocycles. The van der Waals surface area contributed by atoms with Gasteiger partial charge in [-0.2, -0.15) is 0 Å². The molecule has 0 fully saturated rings. The number of rotatable bonds is 2. The zero-order valence-electron chi connectivity index (χ0n) is 11.3. The molecule has 0 aliphatic heterocycles. The van der Waals surface area contributed by atoms with E-state index in [1.807, 2.05) is 18.2 Å². The molecule has 0 bridgehead atoms. The van der Waals surface area contributed by atoms with Crippen molar-refractivity contribution in [1.82, 2.24) is 9.97 Å². The highest BCUT2D eigenvalue weighted by molar-refractivity contribution is 7.90. The Balaban J connectivity index is 2.29. The number of hydrogen-bond donors (Lipinski definition) is 1. The fraction of sp³-hybridized carbons (Fsp3) is 0.0667. The zero-order valence-corrected chi connectivity index (χ0v) is 12.1. The molecule has 0 radical (unpaired) electrons. The quantitative estimate of drug-likeness (QED) is 0.784. The summed E-state index contributed by atoms with van der Waals surface area (Å²) in [4.78, 5) is 8.39. The maximum Gasteiger partial charge on any atom is 0.176 e. The van der Waals surface area contributed by atoms with E-state index in [1.165, 1.54) is 12.6 Å². The van der Waals surface area contributed by atoms with Gasteiger partial charge in [0.1, 0.15) is 12.1 Å². The lowest BCUT2D eigenvalue weighted by Crippen LogP contribution is -2.00. The predicted molar refractivity (Wildman–Crippen MR) is 82.5 cm³/mol. The van der Waals surface area contributed by atoms with Crippen molar-refractivity contribution in [2.45, 2.75) is 4.90 Å². The minimum absolute atomic E-state index is 0.291. The Kier molecular flexibility index (Phi) is 3.10. The van der Waals surface area contributed by atoms with Crippen molar-refractivity contribution in [3.05, 3.63) is 48.8 Å². The summed E-state index contributed by atoms with van der Waals surface area (Å²) in [5, 5.41) is 0.707. The first-order valence-corrected chi connectivity index (χ1v) is 8.15. The second-order valence-corrected chi connectivity index (χ2v) is 6.74. The van der Waals surface area contributed by atoms with Gasteiger partial charge in [0.15, 0.2) is 9.84 Å². The molecule has 5 nitrogen and oxygen atoms in total. The van der Waals surface area contributed by atoms with Crippen molar-refractivity contribution < 1.29 is 8.42 Å². The second-order valence-electron chi connectivity index (χ2n) is 4.76. The van der Waals surface area contributed by atoms with Gasteiger partial charge in [-0.1, -0.05) is 24.3 Å². The average Bonchev–Trinajstić information content (AvgIpc) is 2.46. The van der Waals surface area contributed by atoms with E-state index in [0.29, 0.717) is 21.7 Å². The molecule has 2 aromatic carbocycles. The van der Waals surface area contributed by atoms with Gasteiger partial charge in [-0.25, -0.2) is 18.4 Å². The van der Waals surface area contributed by atoms with Crippen LogP contribution in [0, 0.1) is 0 Å². The Morgan fingerprint density at radius 3 is 2.57 bits per heavy atom. The van der Waals surface area contributed by atoms with Crippen LogP contribution in [0.1, 0.15) is 0 Å². The van der Waals surface area contributed by atoms with Gasteiger partial charge in [-0.3, -0.25) is 0 Å². The Hall–Kier alpha value is -2.47. The maximum absolute atomic E-state index is 11.9. The third kappa shape index (κ3) is 2.45. The van der Waals surface area contributed by atoms with Crippen molar-refractivity contribution in [2.75, 3.05) is 12.0 Å². The highest BCUT2D eigenvalue weighted by Crippen LogP contribution is 2.30. The van der Waals surface area contributed by atoms with Gasteiger partial charge >= 0.3 is 0 Å². The summed E-state index contributed by atoms with van der Waals surface area (Å²) in [6.45, 7) is 0. The lowest BCUT2D eigenvalue weighted by atomic mass is 10.0. The molecule has 3 rings (SSSR count). The fourth-order valence-electron chi connectivity index (χ4n) is 2.27. The van der Waals surface area contributed by atoms with Crippen LogP contribution in [0.5, 0.6) is 0 Å². The molecule has 3 aromatic rings. The molecule has 0 amide bonds. The lowest BCUT2D eigenvalue weighted by molar-refractivity contribution is 0.602. The summed E-state index contributed by atoms with van der Waals surface area (Å²) in [6, 6.07) is 12.3. The minimum Gasteiger partial charge on any atom is -0.383 e.